The quantitative estimate of drug-likeness (QED) is 0.852. The van der Waals surface area contributed by atoms with E-state index in [9.17, 15) is 0 Å². The zero-order valence-electron chi connectivity index (χ0n) is 11.7. The van der Waals surface area contributed by atoms with Gasteiger partial charge in [-0.25, -0.2) is 0 Å². The third kappa shape index (κ3) is 3.81. The number of rotatable bonds is 6. The highest BCUT2D eigenvalue weighted by atomic mass is 32.1. The Morgan fingerprint density at radius 2 is 2.11 bits per heavy atom. The van der Waals surface area contributed by atoms with Crippen LogP contribution >= 0.6 is 11.3 Å². The predicted molar refractivity (Wildman–Crippen MR) is 79.9 cm³/mol. The maximum Gasteiger partial charge on any atom is 0.0330 e. The van der Waals surface area contributed by atoms with Crippen molar-refractivity contribution in [3.8, 4) is 0 Å². The Hall–Kier alpha value is -0.380. The van der Waals surface area contributed by atoms with Gasteiger partial charge in [-0.15, -0.1) is 11.3 Å². The van der Waals surface area contributed by atoms with Crippen molar-refractivity contribution >= 4 is 11.3 Å². The van der Waals surface area contributed by atoms with Gasteiger partial charge in [-0.3, -0.25) is 4.90 Å². The summed E-state index contributed by atoms with van der Waals surface area (Å²) in [4.78, 5) is 4.01. The fourth-order valence-corrected chi connectivity index (χ4v) is 3.55. The van der Waals surface area contributed by atoms with Gasteiger partial charge < -0.3 is 5.73 Å². The molecule has 102 valence electrons. The first-order chi connectivity index (χ1) is 8.59. The molecule has 3 heteroatoms. The molecule has 1 aliphatic carbocycles. The molecule has 1 aliphatic rings. The van der Waals surface area contributed by atoms with E-state index >= 15 is 0 Å². The molecule has 1 fully saturated rings. The summed E-state index contributed by atoms with van der Waals surface area (Å²) < 4.78 is 0. The largest absolute Gasteiger partial charge is 0.325 e. The Bertz CT molecular complexity index is 339. The summed E-state index contributed by atoms with van der Waals surface area (Å²) in [5.74, 6) is 0. The van der Waals surface area contributed by atoms with Crippen LogP contribution in [0.25, 0.3) is 0 Å². The molecule has 0 amide bonds. The van der Waals surface area contributed by atoms with Crippen molar-refractivity contribution in [2.75, 3.05) is 6.54 Å². The van der Waals surface area contributed by atoms with Gasteiger partial charge in [0, 0.05) is 29.5 Å². The van der Waals surface area contributed by atoms with Gasteiger partial charge in [-0.05, 0) is 44.6 Å². The maximum atomic E-state index is 6.46. The van der Waals surface area contributed by atoms with Gasteiger partial charge in [-0.1, -0.05) is 18.9 Å². The zero-order chi connectivity index (χ0) is 13.0. The lowest BCUT2D eigenvalue weighted by atomic mass is 9.94. The first kappa shape index (κ1) is 14.0. The monoisotopic (exact) mass is 266 g/mol. The third-order valence-corrected chi connectivity index (χ3v) is 5.03. The first-order valence-electron chi connectivity index (χ1n) is 7.14. The molecule has 2 rings (SSSR count). The molecule has 1 aromatic rings. The van der Waals surface area contributed by atoms with Crippen molar-refractivity contribution in [2.45, 2.75) is 64.1 Å². The van der Waals surface area contributed by atoms with Gasteiger partial charge in [-0.2, -0.15) is 0 Å². The van der Waals surface area contributed by atoms with Crippen LogP contribution in [0.5, 0.6) is 0 Å². The van der Waals surface area contributed by atoms with Gasteiger partial charge in [0.25, 0.3) is 0 Å². The average Bonchev–Trinajstić information content (AvgIpc) is 2.96. The van der Waals surface area contributed by atoms with Gasteiger partial charge in [0.1, 0.15) is 0 Å². The van der Waals surface area contributed by atoms with E-state index in [0.29, 0.717) is 6.04 Å². The summed E-state index contributed by atoms with van der Waals surface area (Å²) >= 11 is 1.85. The normalized spacial score (nSPS) is 18.9. The molecule has 0 aromatic carbocycles. The van der Waals surface area contributed by atoms with Crippen LogP contribution < -0.4 is 5.73 Å². The van der Waals surface area contributed by atoms with E-state index in [2.05, 4.69) is 36.3 Å². The molecule has 0 saturated heterocycles. The van der Waals surface area contributed by atoms with Crippen LogP contribution in [-0.4, -0.2) is 23.0 Å². The molecule has 0 spiro atoms. The van der Waals surface area contributed by atoms with E-state index in [1.165, 1.54) is 30.6 Å². The number of nitrogens with two attached hydrogens (primary N) is 1. The molecule has 1 aromatic heterocycles. The van der Waals surface area contributed by atoms with Gasteiger partial charge in [0.2, 0.25) is 0 Å². The smallest absolute Gasteiger partial charge is 0.0330 e. The van der Waals surface area contributed by atoms with Crippen molar-refractivity contribution in [1.29, 1.82) is 0 Å². The summed E-state index contributed by atoms with van der Waals surface area (Å²) in [6, 6.07) is 4.96. The van der Waals surface area contributed by atoms with Crippen molar-refractivity contribution in [3.63, 3.8) is 0 Å². The van der Waals surface area contributed by atoms with E-state index in [4.69, 9.17) is 5.73 Å². The van der Waals surface area contributed by atoms with E-state index in [-0.39, 0.29) is 5.54 Å². The number of nitrogens with zero attached hydrogens (tertiary/aromatic N) is 1. The zero-order valence-corrected chi connectivity index (χ0v) is 12.5. The topological polar surface area (TPSA) is 29.3 Å². The van der Waals surface area contributed by atoms with Crippen molar-refractivity contribution < 1.29 is 0 Å². The van der Waals surface area contributed by atoms with Crippen molar-refractivity contribution in [2.24, 2.45) is 5.73 Å². The predicted octanol–water partition coefficient (Wildman–Crippen LogP) is 3.62. The summed E-state index contributed by atoms with van der Waals surface area (Å²) in [5.41, 5.74) is 6.58. The van der Waals surface area contributed by atoms with Crippen LogP contribution in [0.4, 0.5) is 0 Å². The first-order valence-corrected chi connectivity index (χ1v) is 8.02. The highest BCUT2D eigenvalue weighted by Crippen LogP contribution is 2.30. The number of hydrogen-bond donors (Lipinski definition) is 1. The summed E-state index contributed by atoms with van der Waals surface area (Å²) in [7, 11) is 0. The lowest BCUT2D eigenvalue weighted by Gasteiger charge is -2.31. The van der Waals surface area contributed by atoms with Gasteiger partial charge >= 0.3 is 0 Å². The highest BCUT2D eigenvalue weighted by Gasteiger charge is 2.29. The van der Waals surface area contributed by atoms with Gasteiger partial charge in [0.15, 0.2) is 0 Å². The SMILES string of the molecule is CC(C)N(CCC1(N)CCCC1)Cc1cccs1. The lowest BCUT2D eigenvalue weighted by molar-refractivity contribution is 0.190. The molecule has 18 heavy (non-hydrogen) atoms. The fraction of sp³-hybridized carbons (Fsp3) is 0.733. The molecule has 0 aliphatic heterocycles. The molecule has 1 heterocycles. The second kappa shape index (κ2) is 6.18. The van der Waals surface area contributed by atoms with Crippen LogP contribution in [0.2, 0.25) is 0 Å². The summed E-state index contributed by atoms with van der Waals surface area (Å²) in [6.45, 7) is 6.77. The Morgan fingerprint density at radius 1 is 1.39 bits per heavy atom. The lowest BCUT2D eigenvalue weighted by Crippen LogP contribution is -2.42. The van der Waals surface area contributed by atoms with Crippen molar-refractivity contribution in [1.82, 2.24) is 4.90 Å². The molecule has 0 radical (unpaired) electrons. The van der Waals surface area contributed by atoms with Crippen LogP contribution in [0.1, 0.15) is 50.8 Å². The minimum atomic E-state index is 0.128. The van der Waals surface area contributed by atoms with Gasteiger partial charge in [0.05, 0.1) is 0 Å². The van der Waals surface area contributed by atoms with E-state index in [0.717, 1.165) is 19.5 Å². The van der Waals surface area contributed by atoms with Crippen LogP contribution in [-0.2, 0) is 6.54 Å². The Morgan fingerprint density at radius 3 is 2.67 bits per heavy atom. The second-order valence-electron chi connectivity index (χ2n) is 5.96. The number of hydrogen-bond acceptors (Lipinski definition) is 3. The van der Waals surface area contributed by atoms with E-state index in [1.807, 2.05) is 11.3 Å². The van der Waals surface area contributed by atoms with Crippen LogP contribution in [0, 0.1) is 0 Å². The van der Waals surface area contributed by atoms with Crippen LogP contribution in [0.3, 0.4) is 0 Å². The standard InChI is InChI=1S/C15H26N2S/c1-13(2)17(12-14-6-5-11-18-14)10-9-15(16)7-3-4-8-15/h5-6,11,13H,3-4,7-10,12,16H2,1-2H3. The molecule has 1 saturated carbocycles. The highest BCUT2D eigenvalue weighted by molar-refractivity contribution is 7.09. The Kier molecular flexibility index (Phi) is 4.82. The minimum absolute atomic E-state index is 0.128. The number of thiophene rings is 1. The molecule has 0 atom stereocenters. The minimum Gasteiger partial charge on any atom is -0.325 e. The van der Waals surface area contributed by atoms with E-state index in [1.54, 1.807) is 0 Å². The molecular weight excluding hydrogens is 240 g/mol. The maximum absolute atomic E-state index is 6.46. The Balaban J connectivity index is 1.86. The third-order valence-electron chi connectivity index (χ3n) is 4.17. The van der Waals surface area contributed by atoms with Crippen molar-refractivity contribution in [3.05, 3.63) is 22.4 Å². The molecule has 0 unspecified atom stereocenters. The van der Waals surface area contributed by atoms with Crippen LogP contribution in [0.15, 0.2) is 17.5 Å². The fourth-order valence-electron chi connectivity index (χ4n) is 2.82. The summed E-state index contributed by atoms with van der Waals surface area (Å²) in [5, 5.41) is 2.16. The molecule has 2 N–H and O–H groups in total. The molecule has 2 nitrogen and oxygen atoms in total. The van der Waals surface area contributed by atoms with E-state index < -0.39 is 0 Å². The molecule has 0 bridgehead atoms. The molecular formula is C15H26N2S. The Labute approximate surface area is 115 Å². The average molecular weight is 266 g/mol. The summed E-state index contributed by atoms with van der Waals surface area (Å²) in [6.07, 6.45) is 6.23. The second-order valence-corrected chi connectivity index (χ2v) is 7.00.